The Kier molecular flexibility index (Phi) is 9.91. The van der Waals surface area contributed by atoms with Crippen molar-refractivity contribution in [2.24, 2.45) is 5.73 Å². The molecule has 23 heavy (non-hydrogen) atoms. The molecule has 0 aliphatic carbocycles. The van der Waals surface area contributed by atoms with Crippen molar-refractivity contribution in [3.63, 3.8) is 0 Å². The fourth-order valence-electron chi connectivity index (χ4n) is 2.08. The van der Waals surface area contributed by atoms with E-state index in [-0.39, 0.29) is 18.3 Å². The van der Waals surface area contributed by atoms with Gasteiger partial charge < -0.3 is 20.5 Å². The van der Waals surface area contributed by atoms with E-state index in [1.807, 2.05) is 18.2 Å². The second-order valence-corrected chi connectivity index (χ2v) is 6.27. The zero-order valence-electron chi connectivity index (χ0n) is 13.2. The molecule has 0 saturated carbocycles. The maximum absolute atomic E-state index is 11.7. The van der Waals surface area contributed by atoms with Gasteiger partial charge in [0.1, 0.15) is 0 Å². The molecule has 0 bridgehead atoms. The molecule has 0 aromatic heterocycles. The van der Waals surface area contributed by atoms with Crippen LogP contribution in [0.25, 0.3) is 0 Å². The molecule has 2 rings (SSSR count). The summed E-state index contributed by atoms with van der Waals surface area (Å²) in [5.41, 5.74) is 5.41. The molecule has 1 heterocycles. The van der Waals surface area contributed by atoms with Crippen LogP contribution in [0, 0.1) is 0 Å². The Morgan fingerprint density at radius 2 is 2.00 bits per heavy atom. The van der Waals surface area contributed by atoms with Crippen molar-refractivity contribution >= 4 is 30.1 Å². The van der Waals surface area contributed by atoms with Gasteiger partial charge in [-0.1, -0.05) is 0 Å². The molecule has 130 valence electrons. The van der Waals surface area contributed by atoms with Gasteiger partial charge in [0.25, 0.3) is 0 Å². The van der Waals surface area contributed by atoms with Gasteiger partial charge in [-0.2, -0.15) is 0 Å². The second-order valence-electron chi connectivity index (χ2n) is 5.10. The summed E-state index contributed by atoms with van der Waals surface area (Å²) in [7, 11) is 0. The van der Waals surface area contributed by atoms with Gasteiger partial charge in [-0.25, -0.2) is 0 Å². The van der Waals surface area contributed by atoms with Crippen LogP contribution in [0.15, 0.2) is 23.1 Å². The van der Waals surface area contributed by atoms with Gasteiger partial charge in [0.05, 0.1) is 13.2 Å². The first kappa shape index (κ1) is 19.9. The minimum absolute atomic E-state index is 0. The first-order valence-corrected chi connectivity index (χ1v) is 8.77. The molecule has 3 N–H and O–H groups in total. The number of carbonyl (C=O) groups is 1. The van der Waals surface area contributed by atoms with Gasteiger partial charge in [0.15, 0.2) is 11.5 Å². The minimum Gasteiger partial charge on any atom is -0.490 e. The average Bonchev–Trinajstić information content (AvgIpc) is 2.76. The molecule has 7 heteroatoms. The highest BCUT2D eigenvalue weighted by Crippen LogP contribution is 2.33. The quantitative estimate of drug-likeness (QED) is 0.550. The number of rotatable bonds is 8. The van der Waals surface area contributed by atoms with E-state index >= 15 is 0 Å². The standard InChI is InChI=1S/C16H24N2O3S.ClH/c17-7-1-2-8-18-16(19)6-11-22-13-4-5-14-15(12-13)21-10-3-9-20-14;/h4-5,12H,1-3,6-11,17H2,(H,18,19);1H. The van der Waals surface area contributed by atoms with E-state index in [1.54, 1.807) is 11.8 Å². The molecular weight excluding hydrogens is 336 g/mol. The van der Waals surface area contributed by atoms with E-state index in [2.05, 4.69) is 5.32 Å². The van der Waals surface area contributed by atoms with E-state index in [0.717, 1.165) is 41.4 Å². The monoisotopic (exact) mass is 360 g/mol. The van der Waals surface area contributed by atoms with E-state index in [9.17, 15) is 4.79 Å². The number of benzene rings is 1. The first-order chi connectivity index (χ1) is 10.8. The molecule has 1 aliphatic rings. The summed E-state index contributed by atoms with van der Waals surface area (Å²) in [6.07, 6.45) is 3.31. The SMILES string of the molecule is Cl.NCCCCNC(=O)CCSc1ccc2c(c1)OCCCO2. The summed E-state index contributed by atoms with van der Waals surface area (Å²) < 4.78 is 11.3. The Bertz CT molecular complexity index is 488. The van der Waals surface area contributed by atoms with Gasteiger partial charge in [-0.05, 0) is 37.6 Å². The number of nitrogens with one attached hydrogen (secondary N) is 1. The third-order valence-electron chi connectivity index (χ3n) is 3.27. The predicted octanol–water partition coefficient (Wildman–Crippen LogP) is 2.61. The van der Waals surface area contributed by atoms with Gasteiger partial charge in [0, 0.05) is 30.0 Å². The molecule has 1 amide bonds. The van der Waals surface area contributed by atoms with Crippen LogP contribution in [0.1, 0.15) is 25.7 Å². The summed E-state index contributed by atoms with van der Waals surface area (Å²) in [6, 6.07) is 5.94. The molecule has 0 spiro atoms. The van der Waals surface area contributed by atoms with Crippen LogP contribution >= 0.6 is 24.2 Å². The van der Waals surface area contributed by atoms with Crippen molar-refractivity contribution in [3.8, 4) is 11.5 Å². The van der Waals surface area contributed by atoms with Gasteiger partial charge in [0.2, 0.25) is 5.91 Å². The number of hydrogen-bond donors (Lipinski definition) is 2. The lowest BCUT2D eigenvalue weighted by Crippen LogP contribution is -2.25. The Labute approximate surface area is 148 Å². The van der Waals surface area contributed by atoms with Crippen LogP contribution in [0.5, 0.6) is 11.5 Å². The molecule has 0 atom stereocenters. The summed E-state index contributed by atoms with van der Waals surface area (Å²) in [4.78, 5) is 12.8. The third-order valence-corrected chi connectivity index (χ3v) is 4.27. The first-order valence-electron chi connectivity index (χ1n) is 7.79. The van der Waals surface area contributed by atoms with Crippen LogP contribution < -0.4 is 20.5 Å². The predicted molar refractivity (Wildman–Crippen MR) is 95.9 cm³/mol. The van der Waals surface area contributed by atoms with Crippen LogP contribution in [0.2, 0.25) is 0 Å². The van der Waals surface area contributed by atoms with E-state index in [0.29, 0.717) is 32.7 Å². The number of carbonyl (C=O) groups excluding carboxylic acids is 1. The van der Waals surface area contributed by atoms with Crippen LogP contribution in [-0.2, 0) is 4.79 Å². The van der Waals surface area contributed by atoms with Crippen LogP contribution in [-0.4, -0.2) is 38.0 Å². The Balaban J connectivity index is 0.00000264. The maximum Gasteiger partial charge on any atom is 0.220 e. The highest BCUT2D eigenvalue weighted by molar-refractivity contribution is 7.99. The molecule has 0 radical (unpaired) electrons. The number of halogens is 1. The minimum atomic E-state index is 0. The van der Waals surface area contributed by atoms with E-state index < -0.39 is 0 Å². The van der Waals surface area contributed by atoms with E-state index in [4.69, 9.17) is 15.2 Å². The fourth-order valence-corrected chi connectivity index (χ4v) is 2.96. The van der Waals surface area contributed by atoms with E-state index in [1.165, 1.54) is 0 Å². The fraction of sp³-hybridized carbons (Fsp3) is 0.562. The lowest BCUT2D eigenvalue weighted by molar-refractivity contribution is -0.120. The largest absolute Gasteiger partial charge is 0.490 e. The van der Waals surface area contributed by atoms with Crippen molar-refractivity contribution in [1.29, 1.82) is 0 Å². The highest BCUT2D eigenvalue weighted by atomic mass is 35.5. The van der Waals surface area contributed by atoms with Crippen molar-refractivity contribution in [1.82, 2.24) is 5.32 Å². The zero-order chi connectivity index (χ0) is 15.6. The van der Waals surface area contributed by atoms with Crippen LogP contribution in [0.3, 0.4) is 0 Å². The average molecular weight is 361 g/mol. The van der Waals surface area contributed by atoms with Crippen molar-refractivity contribution in [3.05, 3.63) is 18.2 Å². The van der Waals surface area contributed by atoms with Crippen molar-refractivity contribution in [2.45, 2.75) is 30.6 Å². The van der Waals surface area contributed by atoms with Crippen LogP contribution in [0.4, 0.5) is 0 Å². The number of unbranched alkanes of at least 4 members (excludes halogenated alkanes) is 1. The zero-order valence-corrected chi connectivity index (χ0v) is 14.8. The van der Waals surface area contributed by atoms with Gasteiger partial charge in [-0.3, -0.25) is 4.79 Å². The number of ether oxygens (including phenoxy) is 2. The molecule has 0 saturated heterocycles. The topological polar surface area (TPSA) is 73.6 Å². The maximum atomic E-state index is 11.7. The molecule has 5 nitrogen and oxygen atoms in total. The Hall–Kier alpha value is -1.11. The summed E-state index contributed by atoms with van der Waals surface area (Å²) >= 11 is 1.66. The lowest BCUT2D eigenvalue weighted by atomic mass is 10.3. The number of amides is 1. The molecule has 1 aromatic rings. The normalized spacial score (nSPS) is 12.9. The number of nitrogens with two attached hydrogens (primary N) is 1. The van der Waals surface area contributed by atoms with Gasteiger partial charge in [-0.15, -0.1) is 24.2 Å². The molecule has 0 fully saturated rings. The highest BCUT2D eigenvalue weighted by Gasteiger charge is 2.11. The summed E-state index contributed by atoms with van der Waals surface area (Å²) in [6.45, 7) is 2.77. The molecular formula is C16H25ClN2O3S. The van der Waals surface area contributed by atoms with Crippen molar-refractivity contribution < 1.29 is 14.3 Å². The Morgan fingerprint density at radius 1 is 1.22 bits per heavy atom. The number of hydrogen-bond acceptors (Lipinski definition) is 5. The van der Waals surface area contributed by atoms with Crippen molar-refractivity contribution in [2.75, 3.05) is 32.1 Å². The molecule has 1 aliphatic heterocycles. The lowest BCUT2D eigenvalue weighted by Gasteiger charge is -2.09. The third kappa shape index (κ3) is 7.33. The number of thioether (sulfide) groups is 1. The van der Waals surface area contributed by atoms with Gasteiger partial charge >= 0.3 is 0 Å². The molecule has 0 unspecified atom stereocenters. The Morgan fingerprint density at radius 3 is 2.78 bits per heavy atom. The summed E-state index contributed by atoms with van der Waals surface area (Å²) in [5.74, 6) is 2.45. The summed E-state index contributed by atoms with van der Waals surface area (Å²) in [5, 5.41) is 2.91. The second kappa shape index (κ2) is 11.4. The number of fused-ring (bicyclic) bond motifs is 1. The molecule has 1 aromatic carbocycles. The smallest absolute Gasteiger partial charge is 0.220 e.